The number of aliphatic imine (C=N–C) groups is 1. The minimum Gasteiger partial charge on any atom is -0.497 e. The molecule has 0 atom stereocenters. The molecule has 1 aromatic carbocycles. The molecule has 0 spiro atoms. The molecule has 0 bridgehead atoms. The van der Waals surface area contributed by atoms with Crippen molar-refractivity contribution < 1.29 is 9.47 Å². The third-order valence-electron chi connectivity index (χ3n) is 3.57. The van der Waals surface area contributed by atoms with Gasteiger partial charge in [-0.3, -0.25) is 4.99 Å². The molecule has 7 heteroatoms. The molecule has 1 heterocycles. The van der Waals surface area contributed by atoms with Gasteiger partial charge in [0.1, 0.15) is 11.5 Å². The molecule has 0 aliphatic heterocycles. The zero-order valence-electron chi connectivity index (χ0n) is 15.6. The summed E-state index contributed by atoms with van der Waals surface area (Å²) in [6.45, 7) is 6.86. The number of ether oxygens (including phenoxy) is 2. The summed E-state index contributed by atoms with van der Waals surface area (Å²) in [5.41, 5.74) is 7.96. The van der Waals surface area contributed by atoms with Crippen molar-refractivity contribution in [3.8, 4) is 11.5 Å². The van der Waals surface area contributed by atoms with Crippen molar-refractivity contribution in [2.24, 2.45) is 10.7 Å². The van der Waals surface area contributed by atoms with Crippen LogP contribution in [0, 0.1) is 0 Å². The number of nitrogens with zero attached hydrogens (tertiary/aromatic N) is 1. The largest absolute Gasteiger partial charge is 0.497 e. The van der Waals surface area contributed by atoms with Crippen molar-refractivity contribution in [3.05, 3.63) is 23.9 Å². The smallest absolute Gasteiger partial charge is 0.188 e. The summed E-state index contributed by atoms with van der Waals surface area (Å²) in [7, 11) is 3.32. The lowest BCUT2D eigenvalue weighted by Crippen LogP contribution is -2.45. The number of hydrogen-bond acceptors (Lipinski definition) is 3. The van der Waals surface area contributed by atoms with E-state index < -0.39 is 0 Å². The number of guanidine groups is 1. The Balaban J connectivity index is 0.00000312. The van der Waals surface area contributed by atoms with Gasteiger partial charge in [0.2, 0.25) is 0 Å². The van der Waals surface area contributed by atoms with E-state index in [2.05, 4.69) is 42.1 Å². The normalized spacial score (nSPS) is 12.0. The molecule has 2 aromatic rings. The van der Waals surface area contributed by atoms with Crippen molar-refractivity contribution >= 4 is 40.8 Å². The Morgan fingerprint density at radius 1 is 1.20 bits per heavy atom. The monoisotopic (exact) mass is 460 g/mol. The van der Waals surface area contributed by atoms with E-state index in [1.54, 1.807) is 14.2 Å². The Morgan fingerprint density at radius 3 is 2.52 bits per heavy atom. The van der Waals surface area contributed by atoms with Crippen LogP contribution >= 0.6 is 24.0 Å². The molecular weight excluding hydrogens is 431 g/mol. The number of rotatable bonds is 6. The number of halogens is 1. The lowest BCUT2D eigenvalue weighted by atomic mass is 10.1. The van der Waals surface area contributed by atoms with Crippen molar-refractivity contribution in [3.63, 3.8) is 0 Å². The Labute approximate surface area is 166 Å². The summed E-state index contributed by atoms with van der Waals surface area (Å²) in [4.78, 5) is 7.78. The third-order valence-corrected chi connectivity index (χ3v) is 3.57. The number of hydrogen-bond donors (Lipinski definition) is 3. The van der Waals surface area contributed by atoms with Crippen LogP contribution in [-0.2, 0) is 6.42 Å². The van der Waals surface area contributed by atoms with E-state index in [1.165, 1.54) is 0 Å². The number of fused-ring (bicyclic) bond motifs is 1. The predicted octanol–water partition coefficient (Wildman–Crippen LogP) is 3.44. The van der Waals surface area contributed by atoms with Gasteiger partial charge in [0.25, 0.3) is 0 Å². The molecule has 0 aliphatic carbocycles. The van der Waals surface area contributed by atoms with E-state index in [9.17, 15) is 0 Å². The molecule has 0 fully saturated rings. The van der Waals surface area contributed by atoms with Gasteiger partial charge in [-0.15, -0.1) is 24.0 Å². The second-order valence-electron chi connectivity index (χ2n) is 6.83. The fraction of sp³-hybridized carbons (Fsp3) is 0.500. The van der Waals surface area contributed by atoms with Crippen molar-refractivity contribution in [2.75, 3.05) is 20.8 Å². The number of H-pyrrole nitrogens is 1. The number of aryl methyl sites for hydroxylation is 1. The Morgan fingerprint density at radius 2 is 1.92 bits per heavy atom. The predicted molar refractivity (Wildman–Crippen MR) is 115 cm³/mol. The van der Waals surface area contributed by atoms with Crippen LogP contribution in [0.1, 0.15) is 32.9 Å². The molecule has 1 aromatic heterocycles. The third kappa shape index (κ3) is 6.30. The summed E-state index contributed by atoms with van der Waals surface area (Å²) in [5.74, 6) is 2.08. The molecule has 25 heavy (non-hydrogen) atoms. The van der Waals surface area contributed by atoms with Crippen molar-refractivity contribution in [2.45, 2.75) is 39.2 Å². The van der Waals surface area contributed by atoms with E-state index in [1.807, 2.05) is 12.1 Å². The zero-order valence-corrected chi connectivity index (χ0v) is 17.9. The maximum atomic E-state index is 5.87. The van der Waals surface area contributed by atoms with Crippen LogP contribution in [0.15, 0.2) is 23.2 Å². The van der Waals surface area contributed by atoms with Crippen LogP contribution in [0.25, 0.3) is 10.9 Å². The van der Waals surface area contributed by atoms with Gasteiger partial charge in [0.15, 0.2) is 5.96 Å². The van der Waals surface area contributed by atoms with Gasteiger partial charge in [0, 0.05) is 35.3 Å². The number of nitrogens with two attached hydrogens (primary N) is 1. The molecule has 140 valence electrons. The Kier molecular flexibility index (Phi) is 7.85. The molecule has 6 nitrogen and oxygen atoms in total. The highest BCUT2D eigenvalue weighted by molar-refractivity contribution is 14.0. The van der Waals surface area contributed by atoms with Gasteiger partial charge < -0.3 is 25.5 Å². The fourth-order valence-corrected chi connectivity index (χ4v) is 2.55. The standard InChI is InChI=1S/C18H28N4O2.HI/c1-18(2,3)22-17(19)20-8-6-7-12-9-14-15(21-12)10-13(23-4)11-16(14)24-5;/h9-11,21H,6-8H2,1-5H3,(H3,19,20,22);1H. The number of nitrogens with one attached hydrogen (secondary N) is 2. The minimum absolute atomic E-state index is 0. The van der Waals surface area contributed by atoms with Gasteiger partial charge in [0.05, 0.1) is 19.7 Å². The Bertz CT molecular complexity index is 720. The molecule has 0 radical (unpaired) electrons. The summed E-state index contributed by atoms with van der Waals surface area (Å²) in [5, 5.41) is 4.22. The summed E-state index contributed by atoms with van der Waals surface area (Å²) < 4.78 is 10.7. The second-order valence-corrected chi connectivity index (χ2v) is 6.83. The van der Waals surface area contributed by atoms with Gasteiger partial charge in [-0.1, -0.05) is 0 Å². The quantitative estimate of drug-likeness (QED) is 0.267. The fourth-order valence-electron chi connectivity index (χ4n) is 2.55. The summed E-state index contributed by atoms with van der Waals surface area (Å²) in [6, 6.07) is 5.99. The average Bonchev–Trinajstić information content (AvgIpc) is 2.91. The molecule has 4 N–H and O–H groups in total. The van der Waals surface area contributed by atoms with Crippen molar-refractivity contribution in [1.82, 2.24) is 10.3 Å². The minimum atomic E-state index is -0.0691. The molecule has 0 saturated carbocycles. The SMILES string of the molecule is COc1cc(OC)c2cc(CCCN=C(N)NC(C)(C)C)[nH]c2c1.I. The summed E-state index contributed by atoms with van der Waals surface area (Å²) >= 11 is 0. The first-order valence-electron chi connectivity index (χ1n) is 8.14. The molecule has 2 rings (SSSR count). The molecule has 0 unspecified atom stereocenters. The van der Waals surface area contributed by atoms with Crippen LogP contribution in [0.4, 0.5) is 0 Å². The van der Waals surface area contributed by atoms with E-state index >= 15 is 0 Å². The van der Waals surface area contributed by atoms with Gasteiger partial charge in [-0.2, -0.15) is 0 Å². The number of aromatic amines is 1. The first-order chi connectivity index (χ1) is 11.3. The first-order valence-corrected chi connectivity index (χ1v) is 8.14. The lowest BCUT2D eigenvalue weighted by Gasteiger charge is -2.20. The first kappa shape index (κ1) is 21.4. The average molecular weight is 460 g/mol. The molecule has 0 aliphatic rings. The van der Waals surface area contributed by atoms with Crippen LogP contribution in [0.2, 0.25) is 0 Å². The van der Waals surface area contributed by atoms with Crippen LogP contribution in [-0.4, -0.2) is 37.2 Å². The highest BCUT2D eigenvalue weighted by Crippen LogP contribution is 2.31. The van der Waals surface area contributed by atoms with E-state index in [0.717, 1.165) is 40.9 Å². The molecular formula is C18H29IN4O2. The summed E-state index contributed by atoms with van der Waals surface area (Å²) in [6.07, 6.45) is 1.81. The van der Waals surface area contributed by atoms with E-state index in [0.29, 0.717) is 12.5 Å². The van der Waals surface area contributed by atoms with Gasteiger partial charge in [-0.05, 0) is 39.7 Å². The lowest BCUT2D eigenvalue weighted by molar-refractivity contribution is 0.398. The maximum Gasteiger partial charge on any atom is 0.188 e. The number of benzene rings is 1. The van der Waals surface area contributed by atoms with Crippen LogP contribution in [0.5, 0.6) is 11.5 Å². The highest BCUT2D eigenvalue weighted by Gasteiger charge is 2.10. The number of aromatic nitrogens is 1. The van der Waals surface area contributed by atoms with E-state index in [-0.39, 0.29) is 29.5 Å². The van der Waals surface area contributed by atoms with E-state index in [4.69, 9.17) is 15.2 Å². The molecule has 0 saturated heterocycles. The topological polar surface area (TPSA) is 84.7 Å². The number of methoxy groups -OCH3 is 2. The van der Waals surface area contributed by atoms with Crippen LogP contribution in [0.3, 0.4) is 0 Å². The van der Waals surface area contributed by atoms with Gasteiger partial charge >= 0.3 is 0 Å². The maximum absolute atomic E-state index is 5.87. The van der Waals surface area contributed by atoms with Crippen molar-refractivity contribution in [1.29, 1.82) is 0 Å². The van der Waals surface area contributed by atoms with Crippen LogP contribution < -0.4 is 20.5 Å². The zero-order chi connectivity index (χ0) is 17.7. The second kappa shape index (κ2) is 9.17. The van der Waals surface area contributed by atoms with Gasteiger partial charge in [-0.25, -0.2) is 0 Å². The Hall–Kier alpha value is -1.64. The molecule has 0 amide bonds. The highest BCUT2D eigenvalue weighted by atomic mass is 127.